The molecule has 9 heteroatoms. The molecule has 1 aliphatic rings. The summed E-state index contributed by atoms with van der Waals surface area (Å²) < 4.78 is 0. The first-order valence-electron chi connectivity index (χ1n) is 11.7. The average Bonchev–Trinajstić information content (AvgIpc) is 3.72. The summed E-state index contributed by atoms with van der Waals surface area (Å²) in [5.41, 5.74) is 1.26. The average molecular weight is 567 g/mol. The lowest BCUT2D eigenvalue weighted by Gasteiger charge is -2.22. The Hall–Kier alpha value is -2.49. The molecule has 3 rings (SSSR count). The molecule has 1 fully saturated rings. The lowest BCUT2D eigenvalue weighted by atomic mass is 10.1. The van der Waals surface area contributed by atoms with Crippen molar-refractivity contribution >= 4 is 46.1 Å². The summed E-state index contributed by atoms with van der Waals surface area (Å²) in [6.07, 6.45) is 9.47. The number of likely N-dealkylation sites (tertiary alicyclic amines) is 1. The highest BCUT2D eigenvalue weighted by Crippen LogP contribution is 2.21. The van der Waals surface area contributed by atoms with Gasteiger partial charge in [-0.15, -0.1) is 22.9 Å². The zero-order valence-corrected chi connectivity index (χ0v) is 24.0. The van der Waals surface area contributed by atoms with Gasteiger partial charge >= 0.3 is 0 Å². The van der Waals surface area contributed by atoms with Crippen molar-refractivity contribution < 1.29 is 19.8 Å². The van der Waals surface area contributed by atoms with Gasteiger partial charge in [0.1, 0.15) is 0 Å². The summed E-state index contributed by atoms with van der Waals surface area (Å²) in [7, 11) is 0. The maximum Gasteiger partial charge on any atom is 0.254 e. The van der Waals surface area contributed by atoms with Crippen molar-refractivity contribution in [2.45, 2.75) is 44.9 Å². The predicted molar refractivity (Wildman–Crippen MR) is 158 cm³/mol. The first-order chi connectivity index (χ1) is 17.9. The topological polar surface area (TPSA) is 89.9 Å². The molecular formula is C28H39ClN2O4S2. The number of nitrogens with one attached hydrogen (secondary N) is 1. The molecule has 2 aromatic rings. The number of alkyl halides is 1. The van der Waals surface area contributed by atoms with Gasteiger partial charge in [-0.1, -0.05) is 50.1 Å². The van der Waals surface area contributed by atoms with E-state index in [1.165, 1.54) is 21.7 Å². The minimum Gasteiger partial charge on any atom is -0.380 e. The number of halogens is 1. The maximum atomic E-state index is 12.1. The number of nitrogens with zero attached hydrogens (tertiary/aromatic N) is 1. The van der Waals surface area contributed by atoms with E-state index in [0.717, 1.165) is 24.1 Å². The van der Waals surface area contributed by atoms with Crippen LogP contribution in [0.3, 0.4) is 0 Å². The Kier molecular flexibility index (Phi) is 20.1. The summed E-state index contributed by atoms with van der Waals surface area (Å²) in [5.74, 6) is -1.32. The number of rotatable bonds is 9. The third-order valence-corrected chi connectivity index (χ3v) is 6.66. The molecule has 0 spiro atoms. The molecule has 37 heavy (non-hydrogen) atoms. The van der Waals surface area contributed by atoms with E-state index in [-0.39, 0.29) is 6.54 Å². The normalized spacial score (nSPS) is 13.5. The molecule has 0 aromatic carbocycles. The Morgan fingerprint density at radius 1 is 1.05 bits per heavy atom. The molecule has 0 aliphatic carbocycles. The van der Waals surface area contributed by atoms with Crippen LogP contribution in [0.2, 0.25) is 0 Å². The number of allylic oxidation sites excluding steroid dienone is 5. The number of carbonyl (C=O) groups excluding carboxylic acids is 2. The van der Waals surface area contributed by atoms with E-state index in [1.54, 1.807) is 40.9 Å². The van der Waals surface area contributed by atoms with Gasteiger partial charge in [0, 0.05) is 35.6 Å². The molecule has 1 aliphatic heterocycles. The van der Waals surface area contributed by atoms with E-state index in [4.69, 9.17) is 0 Å². The molecule has 3 N–H and O–H groups in total. The maximum absolute atomic E-state index is 12.1. The van der Waals surface area contributed by atoms with Gasteiger partial charge in [-0.25, -0.2) is 0 Å². The number of amides is 2. The molecule has 2 unspecified atom stereocenters. The number of aliphatic hydroxyl groups is 2. The standard InChI is InChI=1S/C18H22N2O4S2.C5H8.C4H6.CH3Cl/c21-15(16(22)18(24)20-6-1-2-7-20)17(23)19-10-14-4-3-13(26-14)9-12-5-8-25-11-12;1-3-5-4-2;1-3-4-2;1-2/h3-5,8,11,15-16,21-22H,1-2,6-7,9-10H2,(H,19,23);3-5H,1H2,2H3;3-4H,1-2H2;1H3/b;5-4-;;. The summed E-state index contributed by atoms with van der Waals surface area (Å²) in [5, 5.41) is 26.7. The first kappa shape index (κ1) is 34.5. The van der Waals surface area contributed by atoms with Gasteiger partial charge in [0.05, 0.1) is 6.54 Å². The van der Waals surface area contributed by atoms with Crippen molar-refractivity contribution in [1.29, 1.82) is 0 Å². The fourth-order valence-corrected chi connectivity index (χ4v) is 4.69. The number of aliphatic hydroxyl groups excluding tert-OH is 2. The van der Waals surface area contributed by atoms with Gasteiger partial charge in [0.2, 0.25) is 0 Å². The second-order valence-corrected chi connectivity index (χ2v) is 9.58. The summed E-state index contributed by atoms with van der Waals surface area (Å²) in [4.78, 5) is 27.7. The molecule has 2 amide bonds. The second kappa shape index (κ2) is 21.6. The molecule has 0 bridgehead atoms. The fourth-order valence-electron chi connectivity index (χ4n) is 3.02. The Morgan fingerprint density at radius 2 is 1.68 bits per heavy atom. The SMILES string of the molecule is C=C/C=C\C.C=CC=C.CCl.O=C(NCc1ccc(Cc2ccsc2)s1)C(O)C(O)C(=O)N1CCCC1. The molecule has 3 heterocycles. The Labute approximate surface area is 234 Å². The highest BCUT2D eigenvalue weighted by atomic mass is 35.5. The van der Waals surface area contributed by atoms with Gasteiger partial charge in [0.15, 0.2) is 12.2 Å². The number of hydrogen-bond donors (Lipinski definition) is 3. The van der Waals surface area contributed by atoms with Crippen molar-refractivity contribution in [2.75, 3.05) is 19.5 Å². The number of thiophene rings is 2. The van der Waals surface area contributed by atoms with Crippen LogP contribution in [0.25, 0.3) is 0 Å². The van der Waals surface area contributed by atoms with Crippen molar-refractivity contribution in [3.63, 3.8) is 0 Å². The van der Waals surface area contributed by atoms with E-state index in [1.807, 2.05) is 36.6 Å². The summed E-state index contributed by atoms with van der Waals surface area (Å²) in [6, 6.07) is 6.04. The first-order valence-corrected chi connectivity index (χ1v) is 14.3. The molecule has 0 saturated carbocycles. The van der Waals surface area contributed by atoms with Crippen molar-refractivity contribution in [3.8, 4) is 0 Å². The van der Waals surface area contributed by atoms with E-state index >= 15 is 0 Å². The Balaban J connectivity index is 0.00000100. The third kappa shape index (κ3) is 14.1. The molecule has 1 saturated heterocycles. The second-order valence-electron chi connectivity index (χ2n) is 7.55. The molecule has 6 nitrogen and oxygen atoms in total. The van der Waals surface area contributed by atoms with Crippen molar-refractivity contribution in [3.05, 3.63) is 94.4 Å². The third-order valence-electron chi connectivity index (χ3n) is 4.85. The monoisotopic (exact) mass is 566 g/mol. The molecule has 204 valence electrons. The molecule has 0 radical (unpaired) electrons. The van der Waals surface area contributed by atoms with Gasteiger partial charge in [0.25, 0.3) is 11.8 Å². The van der Waals surface area contributed by atoms with Gasteiger partial charge in [-0.3, -0.25) is 9.59 Å². The largest absolute Gasteiger partial charge is 0.380 e. The van der Waals surface area contributed by atoms with Crippen LogP contribution < -0.4 is 5.32 Å². The Bertz CT molecular complexity index is 945. The predicted octanol–water partition coefficient (Wildman–Crippen LogP) is 5.32. The van der Waals surface area contributed by atoms with E-state index in [9.17, 15) is 19.8 Å². The van der Waals surface area contributed by atoms with Crippen LogP contribution in [-0.4, -0.2) is 58.6 Å². The zero-order chi connectivity index (χ0) is 28.1. The van der Waals surface area contributed by atoms with Crippen molar-refractivity contribution in [2.24, 2.45) is 0 Å². The van der Waals surface area contributed by atoms with E-state index < -0.39 is 24.0 Å². The number of carbonyl (C=O) groups is 2. The lowest BCUT2D eigenvalue weighted by molar-refractivity contribution is -0.152. The van der Waals surface area contributed by atoms with Crippen LogP contribution in [0.5, 0.6) is 0 Å². The van der Waals surface area contributed by atoms with Crippen LogP contribution >= 0.6 is 34.3 Å². The van der Waals surface area contributed by atoms with Crippen LogP contribution in [0.4, 0.5) is 0 Å². The zero-order valence-electron chi connectivity index (χ0n) is 21.6. The van der Waals surface area contributed by atoms with Crippen LogP contribution in [0, 0.1) is 0 Å². The van der Waals surface area contributed by atoms with E-state index in [2.05, 4.69) is 48.1 Å². The minimum atomic E-state index is -1.76. The van der Waals surface area contributed by atoms with Gasteiger partial charge < -0.3 is 20.4 Å². The van der Waals surface area contributed by atoms with Gasteiger partial charge in [-0.2, -0.15) is 11.3 Å². The highest BCUT2D eigenvalue weighted by Gasteiger charge is 2.34. The number of hydrogen-bond acceptors (Lipinski definition) is 6. The summed E-state index contributed by atoms with van der Waals surface area (Å²) >= 11 is 7.89. The summed E-state index contributed by atoms with van der Waals surface area (Å²) in [6.45, 7) is 13.5. The quantitative estimate of drug-likeness (QED) is 0.283. The highest BCUT2D eigenvalue weighted by molar-refractivity contribution is 7.12. The van der Waals surface area contributed by atoms with Crippen LogP contribution in [-0.2, 0) is 22.6 Å². The van der Waals surface area contributed by atoms with Crippen LogP contribution in [0.15, 0.2) is 79.1 Å². The van der Waals surface area contributed by atoms with Crippen molar-refractivity contribution in [1.82, 2.24) is 10.2 Å². The fraction of sp³-hybridized carbons (Fsp3) is 0.357. The molecule has 2 aromatic heterocycles. The molecular weight excluding hydrogens is 528 g/mol. The lowest BCUT2D eigenvalue weighted by Crippen LogP contribution is -2.50. The van der Waals surface area contributed by atoms with E-state index in [0.29, 0.717) is 13.1 Å². The van der Waals surface area contributed by atoms with Crippen LogP contribution in [0.1, 0.15) is 35.1 Å². The minimum absolute atomic E-state index is 0.259. The Morgan fingerprint density at radius 3 is 2.16 bits per heavy atom. The smallest absolute Gasteiger partial charge is 0.254 e. The molecule has 2 atom stereocenters. The van der Waals surface area contributed by atoms with Gasteiger partial charge in [-0.05, 0) is 54.3 Å².